The SMILES string of the molecule is O=C(Cc1cnn(-c2ccccc2)c1)N[C@@H]1CCCC[C@H]1C(F)(F)F. The molecule has 1 aliphatic carbocycles. The normalized spacial score (nSPS) is 21.1. The van der Waals surface area contributed by atoms with E-state index in [1.807, 2.05) is 30.3 Å². The third-order valence-electron chi connectivity index (χ3n) is 4.55. The molecule has 1 saturated carbocycles. The van der Waals surface area contributed by atoms with Crippen molar-refractivity contribution < 1.29 is 18.0 Å². The Bertz CT molecular complexity index is 712. The Morgan fingerprint density at radius 3 is 2.64 bits per heavy atom. The number of carbonyl (C=O) groups excluding carboxylic acids is 1. The summed E-state index contributed by atoms with van der Waals surface area (Å²) in [6, 6.07) is 8.58. The maximum Gasteiger partial charge on any atom is 0.393 e. The molecule has 2 aromatic rings. The molecule has 0 aliphatic heterocycles. The summed E-state index contributed by atoms with van der Waals surface area (Å²) in [6.45, 7) is 0. The number of amides is 1. The Balaban J connectivity index is 1.62. The summed E-state index contributed by atoms with van der Waals surface area (Å²) in [5.74, 6) is -1.84. The Morgan fingerprint density at radius 1 is 1.20 bits per heavy atom. The summed E-state index contributed by atoms with van der Waals surface area (Å²) in [7, 11) is 0. The van der Waals surface area contributed by atoms with Gasteiger partial charge in [-0.05, 0) is 30.5 Å². The number of benzene rings is 1. The second-order valence-electron chi connectivity index (χ2n) is 6.41. The summed E-state index contributed by atoms with van der Waals surface area (Å²) in [5.41, 5.74) is 1.53. The van der Waals surface area contributed by atoms with E-state index in [1.54, 1.807) is 17.1 Å². The van der Waals surface area contributed by atoms with Gasteiger partial charge in [0.25, 0.3) is 0 Å². The highest BCUT2D eigenvalue weighted by atomic mass is 19.4. The van der Waals surface area contributed by atoms with E-state index in [4.69, 9.17) is 0 Å². The van der Waals surface area contributed by atoms with E-state index in [2.05, 4.69) is 10.4 Å². The second kappa shape index (κ2) is 7.29. The zero-order valence-electron chi connectivity index (χ0n) is 13.7. The summed E-state index contributed by atoms with van der Waals surface area (Å²) >= 11 is 0. The van der Waals surface area contributed by atoms with Gasteiger partial charge in [-0.2, -0.15) is 18.3 Å². The molecule has 7 heteroatoms. The van der Waals surface area contributed by atoms with Crippen molar-refractivity contribution in [2.75, 3.05) is 0 Å². The zero-order valence-corrected chi connectivity index (χ0v) is 13.7. The molecule has 1 aromatic carbocycles. The Kier molecular flexibility index (Phi) is 5.11. The van der Waals surface area contributed by atoms with E-state index < -0.39 is 24.0 Å². The fourth-order valence-electron chi connectivity index (χ4n) is 3.31. The van der Waals surface area contributed by atoms with Crippen molar-refractivity contribution in [2.24, 2.45) is 5.92 Å². The predicted octanol–water partition coefficient (Wildman–Crippen LogP) is 3.65. The molecule has 1 aromatic heterocycles. The van der Waals surface area contributed by atoms with Crippen molar-refractivity contribution in [3.8, 4) is 5.69 Å². The number of nitrogens with zero attached hydrogens (tertiary/aromatic N) is 2. The van der Waals surface area contributed by atoms with Crippen LogP contribution in [0.4, 0.5) is 13.2 Å². The van der Waals surface area contributed by atoms with Crippen molar-refractivity contribution >= 4 is 5.91 Å². The minimum Gasteiger partial charge on any atom is -0.352 e. The van der Waals surface area contributed by atoms with Crippen LogP contribution in [0.3, 0.4) is 0 Å². The zero-order chi connectivity index (χ0) is 17.9. The quantitative estimate of drug-likeness (QED) is 0.914. The van der Waals surface area contributed by atoms with Gasteiger partial charge in [0.05, 0.1) is 24.2 Å². The van der Waals surface area contributed by atoms with Crippen LogP contribution in [0.1, 0.15) is 31.2 Å². The molecule has 3 rings (SSSR count). The first-order chi connectivity index (χ1) is 11.9. The van der Waals surface area contributed by atoms with E-state index in [0.29, 0.717) is 24.8 Å². The number of para-hydroxylation sites is 1. The Labute approximate surface area is 144 Å². The summed E-state index contributed by atoms with van der Waals surface area (Å²) in [5, 5.41) is 6.77. The fraction of sp³-hybridized carbons (Fsp3) is 0.444. The molecule has 0 unspecified atom stereocenters. The van der Waals surface area contributed by atoms with Crippen LogP contribution in [0.5, 0.6) is 0 Å². The average Bonchev–Trinajstić information content (AvgIpc) is 3.03. The molecular formula is C18H20F3N3O. The highest BCUT2D eigenvalue weighted by Gasteiger charge is 2.45. The van der Waals surface area contributed by atoms with E-state index >= 15 is 0 Å². The van der Waals surface area contributed by atoms with Gasteiger partial charge in [0.1, 0.15) is 0 Å². The van der Waals surface area contributed by atoms with Gasteiger partial charge >= 0.3 is 6.18 Å². The lowest BCUT2D eigenvalue weighted by Gasteiger charge is -2.33. The molecule has 4 nitrogen and oxygen atoms in total. The fourth-order valence-corrected chi connectivity index (χ4v) is 3.31. The molecule has 1 amide bonds. The monoisotopic (exact) mass is 351 g/mol. The van der Waals surface area contributed by atoms with E-state index in [-0.39, 0.29) is 12.8 Å². The van der Waals surface area contributed by atoms with Crippen LogP contribution in [0.15, 0.2) is 42.7 Å². The lowest BCUT2D eigenvalue weighted by atomic mass is 9.84. The number of halogens is 3. The second-order valence-corrected chi connectivity index (χ2v) is 6.41. The van der Waals surface area contributed by atoms with Gasteiger partial charge in [-0.3, -0.25) is 4.79 Å². The minimum absolute atomic E-state index is 0.0217. The van der Waals surface area contributed by atoms with E-state index in [9.17, 15) is 18.0 Å². The molecule has 25 heavy (non-hydrogen) atoms. The molecule has 1 aliphatic rings. The number of nitrogens with one attached hydrogen (secondary N) is 1. The molecule has 0 spiro atoms. The van der Waals surface area contributed by atoms with Crippen LogP contribution in [-0.4, -0.2) is 27.9 Å². The van der Waals surface area contributed by atoms with Crippen molar-refractivity contribution in [1.82, 2.24) is 15.1 Å². The Hall–Kier alpha value is -2.31. The molecule has 0 saturated heterocycles. The number of aromatic nitrogens is 2. The minimum atomic E-state index is -4.27. The van der Waals surface area contributed by atoms with Crippen molar-refractivity contribution in [3.05, 3.63) is 48.3 Å². The first-order valence-corrected chi connectivity index (χ1v) is 8.38. The first kappa shape index (κ1) is 17.5. The summed E-state index contributed by atoms with van der Waals surface area (Å²) in [4.78, 5) is 12.2. The van der Waals surface area contributed by atoms with Crippen LogP contribution in [-0.2, 0) is 11.2 Å². The first-order valence-electron chi connectivity index (χ1n) is 8.38. The van der Waals surface area contributed by atoms with Gasteiger partial charge in [0.2, 0.25) is 5.91 Å². The van der Waals surface area contributed by atoms with Gasteiger partial charge < -0.3 is 5.32 Å². The number of rotatable bonds is 4. The number of alkyl halides is 3. The summed E-state index contributed by atoms with van der Waals surface area (Å²) < 4.78 is 40.9. The standard InChI is InChI=1S/C18H20F3N3O/c19-18(20,21)15-8-4-5-9-16(15)23-17(25)10-13-11-22-24(12-13)14-6-2-1-3-7-14/h1-3,6-7,11-12,15-16H,4-5,8-10H2,(H,23,25)/t15-,16-/m1/s1. The van der Waals surface area contributed by atoms with Crippen LogP contribution < -0.4 is 5.32 Å². The molecule has 134 valence electrons. The number of hydrogen-bond donors (Lipinski definition) is 1. The van der Waals surface area contributed by atoms with Crippen LogP contribution in [0.25, 0.3) is 5.69 Å². The van der Waals surface area contributed by atoms with Gasteiger partial charge in [0, 0.05) is 12.2 Å². The molecule has 1 heterocycles. The maximum absolute atomic E-state index is 13.1. The van der Waals surface area contributed by atoms with Gasteiger partial charge in [-0.15, -0.1) is 0 Å². The molecule has 1 fully saturated rings. The third kappa shape index (κ3) is 4.41. The molecular weight excluding hydrogens is 331 g/mol. The lowest BCUT2D eigenvalue weighted by molar-refractivity contribution is -0.189. The summed E-state index contributed by atoms with van der Waals surface area (Å²) in [6.07, 6.45) is 0.764. The predicted molar refractivity (Wildman–Crippen MR) is 87.2 cm³/mol. The Morgan fingerprint density at radius 2 is 1.92 bits per heavy atom. The maximum atomic E-state index is 13.1. The number of carbonyl (C=O) groups is 1. The largest absolute Gasteiger partial charge is 0.393 e. The van der Waals surface area contributed by atoms with Crippen molar-refractivity contribution in [3.63, 3.8) is 0 Å². The molecule has 2 atom stereocenters. The van der Waals surface area contributed by atoms with Crippen LogP contribution >= 0.6 is 0 Å². The van der Waals surface area contributed by atoms with E-state index in [0.717, 1.165) is 5.69 Å². The molecule has 0 radical (unpaired) electrons. The van der Waals surface area contributed by atoms with Crippen LogP contribution in [0, 0.1) is 5.92 Å². The smallest absolute Gasteiger partial charge is 0.352 e. The van der Waals surface area contributed by atoms with Gasteiger partial charge in [-0.1, -0.05) is 31.0 Å². The average molecular weight is 351 g/mol. The van der Waals surface area contributed by atoms with E-state index in [1.165, 1.54) is 0 Å². The number of hydrogen-bond acceptors (Lipinski definition) is 2. The topological polar surface area (TPSA) is 46.9 Å². The highest BCUT2D eigenvalue weighted by Crippen LogP contribution is 2.37. The van der Waals surface area contributed by atoms with Crippen LogP contribution in [0.2, 0.25) is 0 Å². The van der Waals surface area contributed by atoms with Gasteiger partial charge in [-0.25, -0.2) is 4.68 Å². The van der Waals surface area contributed by atoms with Crippen molar-refractivity contribution in [2.45, 2.75) is 44.3 Å². The lowest BCUT2D eigenvalue weighted by Crippen LogP contribution is -2.48. The highest BCUT2D eigenvalue weighted by molar-refractivity contribution is 5.78. The van der Waals surface area contributed by atoms with Gasteiger partial charge in [0.15, 0.2) is 0 Å². The molecule has 1 N–H and O–H groups in total. The van der Waals surface area contributed by atoms with Crippen molar-refractivity contribution in [1.29, 1.82) is 0 Å². The molecule has 0 bridgehead atoms. The third-order valence-corrected chi connectivity index (χ3v) is 4.55.